The van der Waals surface area contributed by atoms with Crippen molar-refractivity contribution in [1.29, 1.82) is 0 Å². The maximum absolute atomic E-state index is 12.8. The number of hydrogen-bond donors (Lipinski definition) is 1. The van der Waals surface area contributed by atoms with Crippen LogP contribution in [0.2, 0.25) is 0 Å². The lowest BCUT2D eigenvalue weighted by atomic mass is 9.98. The monoisotopic (exact) mass is 392 g/mol. The number of methoxy groups -OCH3 is 2. The van der Waals surface area contributed by atoms with Crippen LogP contribution in [-0.2, 0) is 13.5 Å². The number of aromatic nitrogens is 1. The normalized spacial score (nSPS) is 11.6. The predicted octanol–water partition coefficient (Wildman–Crippen LogP) is 3.12. The number of aryl methyl sites for hydroxylation is 1. The Hall–Kier alpha value is -3.54. The van der Waals surface area contributed by atoms with E-state index in [4.69, 9.17) is 9.47 Å². The van der Waals surface area contributed by atoms with Gasteiger partial charge in [-0.25, -0.2) is 0 Å². The molecule has 2 aromatic carbocycles. The van der Waals surface area contributed by atoms with E-state index < -0.39 is 0 Å². The molecule has 1 aromatic heterocycles. The zero-order valence-corrected chi connectivity index (χ0v) is 16.7. The summed E-state index contributed by atoms with van der Waals surface area (Å²) in [5, 5.41) is 3.05. The average Bonchev–Trinajstić information content (AvgIpc) is 2.75. The summed E-state index contributed by atoms with van der Waals surface area (Å²) in [5.41, 5.74) is 2.10. The number of benzene rings is 2. The number of carbonyl (C=O) groups excluding carboxylic acids is 1. The number of hydrogen-bond acceptors (Lipinski definition) is 4. The molecule has 150 valence electrons. The Morgan fingerprint density at radius 3 is 2.10 bits per heavy atom. The van der Waals surface area contributed by atoms with Crippen molar-refractivity contribution in [1.82, 2.24) is 9.88 Å². The second-order valence-electron chi connectivity index (χ2n) is 6.72. The largest absolute Gasteiger partial charge is 0.497 e. The summed E-state index contributed by atoms with van der Waals surface area (Å²) in [6, 6.07) is 18.0. The molecule has 1 amide bonds. The molecule has 1 N–H and O–H groups in total. The first kappa shape index (κ1) is 20.2. The molecule has 0 spiro atoms. The van der Waals surface area contributed by atoms with Crippen molar-refractivity contribution >= 4 is 5.91 Å². The van der Waals surface area contributed by atoms with Crippen molar-refractivity contribution in [2.75, 3.05) is 14.2 Å². The Balaban J connectivity index is 1.86. The number of ether oxygens (including phenoxy) is 2. The number of pyridine rings is 1. The first-order valence-corrected chi connectivity index (χ1v) is 9.24. The van der Waals surface area contributed by atoms with E-state index in [1.807, 2.05) is 48.5 Å². The van der Waals surface area contributed by atoms with Gasteiger partial charge >= 0.3 is 0 Å². The molecule has 0 saturated carbocycles. The molecule has 3 rings (SSSR count). The highest BCUT2D eigenvalue weighted by atomic mass is 16.5. The van der Waals surface area contributed by atoms with E-state index in [1.54, 1.807) is 33.5 Å². The highest BCUT2D eigenvalue weighted by Gasteiger charge is 2.17. The van der Waals surface area contributed by atoms with E-state index in [2.05, 4.69) is 5.32 Å². The summed E-state index contributed by atoms with van der Waals surface area (Å²) in [7, 11) is 4.88. The first-order chi connectivity index (χ1) is 14.0. The van der Waals surface area contributed by atoms with Gasteiger partial charge in [-0.1, -0.05) is 24.3 Å². The third-order valence-electron chi connectivity index (χ3n) is 4.79. The minimum absolute atomic E-state index is 0.228. The molecular weight excluding hydrogens is 368 g/mol. The molecule has 3 aromatic rings. The summed E-state index contributed by atoms with van der Waals surface area (Å²) in [4.78, 5) is 24.7. The van der Waals surface area contributed by atoms with Crippen LogP contribution in [0.4, 0.5) is 0 Å². The minimum Gasteiger partial charge on any atom is -0.497 e. The van der Waals surface area contributed by atoms with Gasteiger partial charge in [0.15, 0.2) is 0 Å². The van der Waals surface area contributed by atoms with Crippen molar-refractivity contribution in [2.45, 2.75) is 12.5 Å². The molecule has 0 radical (unpaired) electrons. The number of nitrogens with zero attached hydrogens (tertiary/aromatic N) is 1. The molecule has 0 saturated heterocycles. The van der Waals surface area contributed by atoms with Crippen LogP contribution in [0, 0.1) is 0 Å². The summed E-state index contributed by atoms with van der Waals surface area (Å²) < 4.78 is 11.9. The summed E-state index contributed by atoms with van der Waals surface area (Å²) in [6.45, 7) is 0. The molecule has 29 heavy (non-hydrogen) atoms. The molecule has 0 aliphatic rings. The first-order valence-electron chi connectivity index (χ1n) is 9.24. The zero-order valence-electron chi connectivity index (χ0n) is 16.7. The van der Waals surface area contributed by atoms with Crippen LogP contribution in [0.25, 0.3) is 0 Å². The molecule has 6 nitrogen and oxygen atoms in total. The molecule has 1 heterocycles. The van der Waals surface area contributed by atoms with Crippen LogP contribution in [0.1, 0.15) is 27.5 Å². The predicted molar refractivity (Wildman–Crippen MR) is 112 cm³/mol. The van der Waals surface area contributed by atoms with Crippen LogP contribution in [0.5, 0.6) is 11.5 Å². The van der Waals surface area contributed by atoms with Gasteiger partial charge in [-0.15, -0.1) is 0 Å². The van der Waals surface area contributed by atoms with Crippen LogP contribution < -0.4 is 20.3 Å². The van der Waals surface area contributed by atoms with Gasteiger partial charge < -0.3 is 19.4 Å². The number of amides is 1. The fraction of sp³-hybridized carbons (Fsp3) is 0.217. The quantitative estimate of drug-likeness (QED) is 0.671. The zero-order chi connectivity index (χ0) is 20.8. The Morgan fingerprint density at radius 2 is 1.55 bits per heavy atom. The SMILES string of the molecule is COc1ccc(CC(NC(=O)c2ccn(C)c(=O)c2)c2ccc(OC)cc2)cc1. The lowest BCUT2D eigenvalue weighted by molar-refractivity contribution is 0.0936. The Bertz CT molecular complexity index is 1020. The number of carbonyl (C=O) groups is 1. The second kappa shape index (κ2) is 9.10. The van der Waals surface area contributed by atoms with Gasteiger partial charge in [0, 0.05) is 24.9 Å². The van der Waals surface area contributed by atoms with Crippen LogP contribution in [-0.4, -0.2) is 24.7 Å². The van der Waals surface area contributed by atoms with Gasteiger partial charge in [0.25, 0.3) is 11.5 Å². The van der Waals surface area contributed by atoms with E-state index in [1.165, 1.54) is 10.6 Å². The van der Waals surface area contributed by atoms with Crippen molar-refractivity contribution < 1.29 is 14.3 Å². The number of rotatable bonds is 7. The van der Waals surface area contributed by atoms with Crippen LogP contribution in [0.3, 0.4) is 0 Å². The van der Waals surface area contributed by atoms with E-state index in [9.17, 15) is 9.59 Å². The van der Waals surface area contributed by atoms with Gasteiger partial charge in [0.05, 0.1) is 20.3 Å². The van der Waals surface area contributed by atoms with Crippen molar-refractivity contribution in [3.63, 3.8) is 0 Å². The fourth-order valence-corrected chi connectivity index (χ4v) is 3.02. The third-order valence-corrected chi connectivity index (χ3v) is 4.79. The third kappa shape index (κ3) is 5.04. The van der Waals surface area contributed by atoms with E-state index >= 15 is 0 Å². The Kier molecular flexibility index (Phi) is 6.34. The summed E-state index contributed by atoms with van der Waals surface area (Å²) >= 11 is 0. The highest BCUT2D eigenvalue weighted by molar-refractivity contribution is 5.94. The second-order valence-corrected chi connectivity index (χ2v) is 6.72. The fourth-order valence-electron chi connectivity index (χ4n) is 3.02. The maximum Gasteiger partial charge on any atom is 0.252 e. The Labute approximate surface area is 169 Å². The molecule has 1 atom stereocenters. The molecular formula is C23H24N2O4. The molecule has 6 heteroatoms. The van der Waals surface area contributed by atoms with Crippen molar-refractivity contribution in [3.8, 4) is 11.5 Å². The van der Waals surface area contributed by atoms with Crippen LogP contribution in [0.15, 0.2) is 71.7 Å². The van der Waals surface area contributed by atoms with Gasteiger partial charge in [0.2, 0.25) is 0 Å². The van der Waals surface area contributed by atoms with Gasteiger partial charge in [-0.05, 0) is 47.9 Å². The molecule has 1 unspecified atom stereocenters. The van der Waals surface area contributed by atoms with Gasteiger partial charge in [0.1, 0.15) is 11.5 Å². The summed E-state index contributed by atoms with van der Waals surface area (Å²) in [6.07, 6.45) is 2.18. The minimum atomic E-state index is -0.294. The Morgan fingerprint density at radius 1 is 0.966 bits per heavy atom. The topological polar surface area (TPSA) is 69.6 Å². The van der Waals surface area contributed by atoms with Gasteiger partial charge in [-0.2, -0.15) is 0 Å². The molecule has 0 fully saturated rings. The molecule has 0 aliphatic heterocycles. The summed E-state index contributed by atoms with van der Waals surface area (Å²) in [5.74, 6) is 1.23. The van der Waals surface area contributed by atoms with Crippen molar-refractivity contribution in [2.24, 2.45) is 7.05 Å². The number of nitrogens with one attached hydrogen (secondary N) is 1. The highest BCUT2D eigenvalue weighted by Crippen LogP contribution is 2.23. The maximum atomic E-state index is 12.8. The standard InChI is InChI=1S/C23H24N2O4/c1-25-13-12-18(15-22(25)26)23(27)24-21(17-6-10-20(29-3)11-7-17)14-16-4-8-19(28-2)9-5-16/h4-13,15,21H,14H2,1-3H3,(H,24,27). The van der Waals surface area contributed by atoms with E-state index in [0.717, 1.165) is 22.6 Å². The van der Waals surface area contributed by atoms with Crippen molar-refractivity contribution in [3.05, 3.63) is 93.9 Å². The van der Waals surface area contributed by atoms with Crippen LogP contribution >= 0.6 is 0 Å². The van der Waals surface area contributed by atoms with Gasteiger partial charge in [-0.3, -0.25) is 9.59 Å². The smallest absolute Gasteiger partial charge is 0.252 e. The average molecular weight is 392 g/mol. The van der Waals surface area contributed by atoms with E-state index in [0.29, 0.717) is 12.0 Å². The molecule has 0 bridgehead atoms. The lowest BCUT2D eigenvalue weighted by Gasteiger charge is -2.20. The van der Waals surface area contributed by atoms with E-state index in [-0.39, 0.29) is 17.5 Å². The molecule has 0 aliphatic carbocycles. The lowest BCUT2D eigenvalue weighted by Crippen LogP contribution is -2.31.